The topological polar surface area (TPSA) is 71.2 Å². The van der Waals surface area contributed by atoms with E-state index in [4.69, 9.17) is 4.74 Å². The number of rotatable bonds is 6. The lowest BCUT2D eigenvalue weighted by Gasteiger charge is -2.12. The maximum absolute atomic E-state index is 12.2. The molecule has 1 amide bonds. The predicted molar refractivity (Wildman–Crippen MR) is 85.8 cm³/mol. The zero-order valence-electron chi connectivity index (χ0n) is 13.2. The number of H-pyrrole nitrogens is 1. The third-order valence-corrected chi connectivity index (χ3v) is 3.56. The maximum atomic E-state index is 12.2. The molecule has 5 nitrogen and oxygen atoms in total. The van der Waals surface area contributed by atoms with Crippen LogP contribution in [0.3, 0.4) is 0 Å². The molecular weight excluding hydrogens is 280 g/mol. The number of benzene rings is 1. The molecule has 0 aliphatic carbocycles. The summed E-state index contributed by atoms with van der Waals surface area (Å²) < 4.78 is 5.15. The van der Waals surface area contributed by atoms with Gasteiger partial charge in [0.25, 0.3) is 5.91 Å². The van der Waals surface area contributed by atoms with Gasteiger partial charge in [0.05, 0.1) is 5.56 Å². The molecule has 2 aromatic rings. The number of carbonyl (C=O) groups excluding carboxylic acids is 2. The average Bonchev–Trinajstić information content (AvgIpc) is 2.80. The lowest BCUT2D eigenvalue weighted by atomic mass is 10.1. The first-order valence-corrected chi connectivity index (χ1v) is 7.56. The van der Waals surface area contributed by atoms with E-state index in [0.29, 0.717) is 5.56 Å². The van der Waals surface area contributed by atoms with Gasteiger partial charge in [0.2, 0.25) is 0 Å². The van der Waals surface area contributed by atoms with Crippen LogP contribution in [0, 0.1) is 6.92 Å². The molecule has 0 radical (unpaired) electrons. The van der Waals surface area contributed by atoms with E-state index in [-0.39, 0.29) is 18.6 Å². The number of fused-ring (bicyclic) bond motifs is 1. The van der Waals surface area contributed by atoms with Crippen molar-refractivity contribution in [3.05, 3.63) is 35.5 Å². The van der Waals surface area contributed by atoms with E-state index in [1.165, 1.54) is 0 Å². The van der Waals surface area contributed by atoms with Crippen LogP contribution >= 0.6 is 0 Å². The smallest absolute Gasteiger partial charge is 0.341 e. The van der Waals surface area contributed by atoms with Crippen LogP contribution in [-0.4, -0.2) is 29.5 Å². The number of hydrogen-bond donors (Lipinski definition) is 2. The summed E-state index contributed by atoms with van der Waals surface area (Å²) in [5.41, 5.74) is 2.11. The van der Waals surface area contributed by atoms with E-state index in [1.807, 2.05) is 38.1 Å². The molecule has 1 heterocycles. The molecule has 1 aromatic heterocycles. The van der Waals surface area contributed by atoms with Gasteiger partial charge in [0.15, 0.2) is 6.61 Å². The van der Waals surface area contributed by atoms with E-state index >= 15 is 0 Å². The van der Waals surface area contributed by atoms with Crippen LogP contribution in [0.15, 0.2) is 24.3 Å². The molecule has 2 N–H and O–H groups in total. The Kier molecular flexibility index (Phi) is 5.20. The van der Waals surface area contributed by atoms with Crippen molar-refractivity contribution in [2.24, 2.45) is 0 Å². The molecule has 5 heteroatoms. The summed E-state index contributed by atoms with van der Waals surface area (Å²) in [6.45, 7) is 5.56. The number of aryl methyl sites for hydroxylation is 1. The summed E-state index contributed by atoms with van der Waals surface area (Å²) in [7, 11) is 0. The van der Waals surface area contributed by atoms with E-state index < -0.39 is 5.97 Å². The fourth-order valence-corrected chi connectivity index (χ4v) is 2.56. The number of hydrogen-bond acceptors (Lipinski definition) is 3. The van der Waals surface area contributed by atoms with Gasteiger partial charge in [0.1, 0.15) is 0 Å². The van der Waals surface area contributed by atoms with Crippen LogP contribution in [0.25, 0.3) is 10.9 Å². The largest absolute Gasteiger partial charge is 0.452 e. The Labute approximate surface area is 130 Å². The molecule has 0 saturated heterocycles. The van der Waals surface area contributed by atoms with Crippen molar-refractivity contribution in [1.82, 2.24) is 10.3 Å². The lowest BCUT2D eigenvalue weighted by molar-refractivity contribution is -0.124. The third-order valence-electron chi connectivity index (χ3n) is 3.56. The highest BCUT2D eigenvalue weighted by Gasteiger charge is 2.18. The first-order chi connectivity index (χ1) is 10.5. The molecule has 0 aliphatic heterocycles. The summed E-state index contributed by atoms with van der Waals surface area (Å²) >= 11 is 0. The second-order valence-electron chi connectivity index (χ2n) is 5.50. The summed E-state index contributed by atoms with van der Waals surface area (Å²) in [6, 6.07) is 7.62. The van der Waals surface area contributed by atoms with Crippen LogP contribution in [0.2, 0.25) is 0 Å². The molecular formula is C17H22N2O3. The second-order valence-corrected chi connectivity index (χ2v) is 5.50. The van der Waals surface area contributed by atoms with Gasteiger partial charge in [-0.2, -0.15) is 0 Å². The number of amides is 1. The van der Waals surface area contributed by atoms with Crippen molar-refractivity contribution in [2.45, 2.75) is 39.7 Å². The number of nitrogens with one attached hydrogen (secondary N) is 2. The quantitative estimate of drug-likeness (QED) is 0.806. The van der Waals surface area contributed by atoms with Gasteiger partial charge in [-0.1, -0.05) is 31.5 Å². The summed E-state index contributed by atoms with van der Waals surface area (Å²) in [5, 5.41) is 3.62. The van der Waals surface area contributed by atoms with Gasteiger partial charge >= 0.3 is 5.97 Å². The van der Waals surface area contributed by atoms with Crippen molar-refractivity contribution < 1.29 is 14.3 Å². The van der Waals surface area contributed by atoms with Crippen LogP contribution < -0.4 is 5.32 Å². The number of esters is 1. The third kappa shape index (κ3) is 3.67. The van der Waals surface area contributed by atoms with Crippen LogP contribution in [0.1, 0.15) is 42.7 Å². The fourth-order valence-electron chi connectivity index (χ4n) is 2.56. The van der Waals surface area contributed by atoms with Crippen molar-refractivity contribution in [3.63, 3.8) is 0 Å². The second kappa shape index (κ2) is 7.11. The first kappa shape index (κ1) is 16.1. The van der Waals surface area contributed by atoms with E-state index in [0.717, 1.165) is 29.4 Å². The molecule has 1 atom stereocenters. The number of aromatic nitrogens is 1. The van der Waals surface area contributed by atoms with Gasteiger partial charge in [0, 0.05) is 22.6 Å². The molecule has 0 aliphatic rings. The molecule has 1 aromatic carbocycles. The monoisotopic (exact) mass is 302 g/mol. The molecule has 0 fully saturated rings. The molecule has 2 rings (SSSR count). The summed E-state index contributed by atoms with van der Waals surface area (Å²) in [6.07, 6.45) is 1.90. The highest BCUT2D eigenvalue weighted by Crippen LogP contribution is 2.22. The minimum Gasteiger partial charge on any atom is -0.452 e. The zero-order valence-corrected chi connectivity index (χ0v) is 13.2. The van der Waals surface area contributed by atoms with Crippen molar-refractivity contribution >= 4 is 22.8 Å². The van der Waals surface area contributed by atoms with Crippen LogP contribution in [0.5, 0.6) is 0 Å². The maximum Gasteiger partial charge on any atom is 0.341 e. The van der Waals surface area contributed by atoms with Crippen LogP contribution in [0.4, 0.5) is 0 Å². The highest BCUT2D eigenvalue weighted by atomic mass is 16.5. The lowest BCUT2D eigenvalue weighted by Crippen LogP contribution is -2.35. The number of para-hydroxylation sites is 1. The van der Waals surface area contributed by atoms with Crippen LogP contribution in [-0.2, 0) is 9.53 Å². The molecule has 1 unspecified atom stereocenters. The molecule has 0 saturated carbocycles. The molecule has 22 heavy (non-hydrogen) atoms. The number of ether oxygens (including phenoxy) is 1. The Bertz CT molecular complexity index is 676. The number of aromatic amines is 1. The molecule has 0 bridgehead atoms. The van der Waals surface area contributed by atoms with Crippen molar-refractivity contribution in [3.8, 4) is 0 Å². The van der Waals surface area contributed by atoms with Gasteiger partial charge in [-0.15, -0.1) is 0 Å². The zero-order chi connectivity index (χ0) is 16.1. The molecule has 118 valence electrons. The highest BCUT2D eigenvalue weighted by molar-refractivity contribution is 6.05. The van der Waals surface area contributed by atoms with Gasteiger partial charge in [-0.3, -0.25) is 4.79 Å². The Hall–Kier alpha value is -2.30. The Morgan fingerprint density at radius 3 is 2.77 bits per heavy atom. The standard InChI is InChI=1S/C17H22N2O3/c1-4-7-11(2)18-15(20)10-22-17(21)16-12(3)19-14-9-6-5-8-13(14)16/h5-6,8-9,11,19H,4,7,10H2,1-3H3,(H,18,20). The Balaban J connectivity index is 2.00. The van der Waals surface area contributed by atoms with Crippen molar-refractivity contribution in [2.75, 3.05) is 6.61 Å². The fraction of sp³-hybridized carbons (Fsp3) is 0.412. The Morgan fingerprint density at radius 2 is 2.05 bits per heavy atom. The molecule has 0 spiro atoms. The normalized spacial score (nSPS) is 12.1. The minimum absolute atomic E-state index is 0.0889. The first-order valence-electron chi connectivity index (χ1n) is 7.56. The SMILES string of the molecule is CCCC(C)NC(=O)COC(=O)c1c(C)[nH]c2ccccc12. The minimum atomic E-state index is -0.478. The van der Waals surface area contributed by atoms with Gasteiger partial charge < -0.3 is 15.0 Å². The van der Waals surface area contributed by atoms with Crippen molar-refractivity contribution in [1.29, 1.82) is 0 Å². The average molecular weight is 302 g/mol. The predicted octanol–water partition coefficient (Wildman–Crippen LogP) is 2.94. The van der Waals surface area contributed by atoms with Gasteiger partial charge in [-0.25, -0.2) is 4.79 Å². The Morgan fingerprint density at radius 1 is 1.32 bits per heavy atom. The van der Waals surface area contributed by atoms with E-state index in [2.05, 4.69) is 17.2 Å². The van der Waals surface area contributed by atoms with E-state index in [9.17, 15) is 9.59 Å². The number of carbonyl (C=O) groups is 2. The van der Waals surface area contributed by atoms with Gasteiger partial charge in [-0.05, 0) is 26.3 Å². The summed E-state index contributed by atoms with van der Waals surface area (Å²) in [4.78, 5) is 27.1. The summed E-state index contributed by atoms with van der Waals surface area (Å²) in [5.74, 6) is -0.750. The van der Waals surface area contributed by atoms with E-state index in [1.54, 1.807) is 0 Å².